The molecule has 5 nitrogen and oxygen atoms in total. The second-order valence-corrected chi connectivity index (χ2v) is 6.90. The van der Waals surface area contributed by atoms with Crippen molar-refractivity contribution in [2.75, 3.05) is 23.9 Å². The van der Waals surface area contributed by atoms with Crippen LogP contribution < -0.4 is 10.2 Å². The van der Waals surface area contributed by atoms with Gasteiger partial charge in [-0.15, -0.1) is 0 Å². The monoisotopic (exact) mass is 402 g/mol. The Balaban J connectivity index is 1.67. The lowest BCUT2D eigenvalue weighted by Gasteiger charge is -2.17. The van der Waals surface area contributed by atoms with E-state index in [1.807, 2.05) is 42.5 Å². The number of hydrogen-bond acceptors (Lipinski definition) is 3. The number of rotatable bonds is 7. The minimum atomic E-state index is -0.415. The number of nitrogens with one attached hydrogen (secondary N) is 1. The highest BCUT2D eigenvalue weighted by atomic mass is 16.6. The highest BCUT2D eigenvalue weighted by molar-refractivity contribution is 6.05. The molecule has 3 aromatic rings. The van der Waals surface area contributed by atoms with Crippen LogP contribution in [0.4, 0.5) is 16.2 Å². The number of carbonyl (C=O) groups excluding carboxylic acids is 2. The molecule has 0 aliphatic carbocycles. The van der Waals surface area contributed by atoms with E-state index in [-0.39, 0.29) is 5.91 Å². The van der Waals surface area contributed by atoms with Crippen molar-refractivity contribution in [1.82, 2.24) is 0 Å². The number of benzene rings is 3. The minimum Gasteiger partial charge on any atom is -0.449 e. The van der Waals surface area contributed by atoms with Gasteiger partial charge >= 0.3 is 6.09 Å². The summed E-state index contributed by atoms with van der Waals surface area (Å²) in [6, 6.07) is 25.0. The van der Waals surface area contributed by atoms with Crippen LogP contribution in [0, 0.1) is 0 Å². The van der Waals surface area contributed by atoms with Gasteiger partial charge in [-0.2, -0.15) is 0 Å². The second-order valence-electron chi connectivity index (χ2n) is 6.90. The Hall–Kier alpha value is -3.60. The van der Waals surface area contributed by atoms with Gasteiger partial charge in [0.25, 0.3) is 5.91 Å². The molecule has 0 aliphatic heterocycles. The molecule has 0 atom stereocenters. The number of carbonyl (C=O) groups is 2. The van der Waals surface area contributed by atoms with Gasteiger partial charge in [-0.1, -0.05) is 48.5 Å². The van der Waals surface area contributed by atoms with Crippen LogP contribution >= 0.6 is 0 Å². The number of amides is 2. The molecule has 0 spiro atoms. The van der Waals surface area contributed by atoms with E-state index in [0.717, 1.165) is 18.4 Å². The van der Waals surface area contributed by atoms with Crippen LogP contribution in [0.1, 0.15) is 28.4 Å². The number of anilines is 2. The molecular weight excluding hydrogens is 376 g/mol. The van der Waals surface area contributed by atoms with E-state index < -0.39 is 6.09 Å². The van der Waals surface area contributed by atoms with Gasteiger partial charge in [0.15, 0.2) is 0 Å². The van der Waals surface area contributed by atoms with E-state index in [1.54, 1.807) is 38.2 Å². The fourth-order valence-corrected chi connectivity index (χ4v) is 3.18. The Morgan fingerprint density at radius 1 is 0.867 bits per heavy atom. The molecule has 1 N–H and O–H groups in total. The zero-order valence-corrected chi connectivity index (χ0v) is 17.3. The van der Waals surface area contributed by atoms with Gasteiger partial charge in [-0.05, 0) is 61.2 Å². The standard InChI is InChI=1S/C25H26N2O3/c1-3-30-25(29)27(2)22-17-15-21(16-18-22)26-24(28)23-12-8-7-11-20(23)14-13-19-9-5-4-6-10-19/h4-12,15-18H,3,13-14H2,1-2H3,(H,26,28). The number of nitrogens with zero attached hydrogens (tertiary/aromatic N) is 1. The quantitative estimate of drug-likeness (QED) is 0.582. The lowest BCUT2D eigenvalue weighted by Crippen LogP contribution is -2.26. The van der Waals surface area contributed by atoms with Crippen LogP contribution in [0.2, 0.25) is 0 Å². The highest BCUT2D eigenvalue weighted by Gasteiger charge is 2.13. The maximum atomic E-state index is 12.9. The molecule has 0 fully saturated rings. The minimum absolute atomic E-state index is 0.148. The Labute approximate surface area is 177 Å². The predicted octanol–water partition coefficient (Wildman–Crippen LogP) is 5.32. The summed E-state index contributed by atoms with van der Waals surface area (Å²) >= 11 is 0. The topological polar surface area (TPSA) is 58.6 Å². The molecule has 0 aromatic heterocycles. The molecule has 0 bridgehead atoms. The smallest absolute Gasteiger partial charge is 0.413 e. The van der Waals surface area contributed by atoms with Crippen molar-refractivity contribution in [2.45, 2.75) is 19.8 Å². The largest absolute Gasteiger partial charge is 0.449 e. The van der Waals surface area contributed by atoms with Crippen LogP contribution in [0.5, 0.6) is 0 Å². The van der Waals surface area contributed by atoms with Crippen LogP contribution in [-0.2, 0) is 17.6 Å². The second kappa shape index (κ2) is 10.3. The highest BCUT2D eigenvalue weighted by Crippen LogP contribution is 2.19. The zero-order valence-electron chi connectivity index (χ0n) is 17.3. The van der Waals surface area contributed by atoms with Crippen LogP contribution in [-0.4, -0.2) is 25.7 Å². The molecule has 3 aromatic carbocycles. The summed E-state index contributed by atoms with van der Waals surface area (Å²) in [5.74, 6) is -0.148. The fraction of sp³-hybridized carbons (Fsp3) is 0.200. The lowest BCUT2D eigenvalue weighted by molar-refractivity contribution is 0.102. The molecule has 3 rings (SSSR count). The van der Waals surface area contributed by atoms with Gasteiger partial charge in [-0.3, -0.25) is 9.69 Å². The summed E-state index contributed by atoms with van der Waals surface area (Å²) in [7, 11) is 1.65. The molecular formula is C25H26N2O3. The van der Waals surface area contributed by atoms with Crippen molar-refractivity contribution >= 4 is 23.4 Å². The summed E-state index contributed by atoms with van der Waals surface area (Å²) in [5, 5.41) is 2.94. The van der Waals surface area contributed by atoms with E-state index in [1.165, 1.54) is 10.5 Å². The first-order valence-electron chi connectivity index (χ1n) is 10.0. The molecule has 0 unspecified atom stereocenters. The maximum Gasteiger partial charge on any atom is 0.413 e. The van der Waals surface area contributed by atoms with E-state index >= 15 is 0 Å². The number of aryl methyl sites for hydroxylation is 2. The average Bonchev–Trinajstić information content (AvgIpc) is 2.78. The number of ether oxygens (including phenoxy) is 1. The Morgan fingerprint density at radius 2 is 1.53 bits per heavy atom. The first-order chi connectivity index (χ1) is 14.6. The van der Waals surface area contributed by atoms with Crippen molar-refractivity contribution in [3.8, 4) is 0 Å². The third-order valence-electron chi connectivity index (χ3n) is 4.84. The average molecular weight is 402 g/mol. The molecule has 0 aliphatic rings. The molecule has 0 saturated carbocycles. The first-order valence-corrected chi connectivity index (χ1v) is 10.0. The van der Waals surface area contributed by atoms with E-state index in [4.69, 9.17) is 4.74 Å². The molecule has 2 amide bonds. The molecule has 5 heteroatoms. The fourth-order valence-electron chi connectivity index (χ4n) is 3.18. The van der Waals surface area contributed by atoms with Crippen LogP contribution in [0.15, 0.2) is 78.9 Å². The van der Waals surface area contributed by atoms with Gasteiger partial charge in [-0.25, -0.2) is 4.79 Å². The summed E-state index contributed by atoms with van der Waals surface area (Å²) in [4.78, 5) is 26.1. The normalized spacial score (nSPS) is 10.3. The molecule has 0 saturated heterocycles. The first kappa shape index (κ1) is 21.1. The lowest BCUT2D eigenvalue weighted by atomic mass is 9.99. The number of hydrogen-bond donors (Lipinski definition) is 1. The maximum absolute atomic E-state index is 12.9. The predicted molar refractivity (Wildman–Crippen MR) is 120 cm³/mol. The van der Waals surface area contributed by atoms with Crippen molar-refractivity contribution in [1.29, 1.82) is 0 Å². The van der Waals surface area contributed by atoms with Gasteiger partial charge in [0, 0.05) is 24.0 Å². The van der Waals surface area contributed by atoms with Crippen molar-refractivity contribution in [3.05, 3.63) is 95.6 Å². The summed E-state index contributed by atoms with van der Waals surface area (Å²) < 4.78 is 5.00. The summed E-state index contributed by atoms with van der Waals surface area (Å²) in [6.07, 6.45) is 1.25. The molecule has 0 radical (unpaired) electrons. The molecule has 154 valence electrons. The van der Waals surface area contributed by atoms with Gasteiger partial charge in [0.1, 0.15) is 0 Å². The van der Waals surface area contributed by atoms with Crippen LogP contribution in [0.25, 0.3) is 0 Å². The molecule has 0 heterocycles. The van der Waals surface area contributed by atoms with Crippen molar-refractivity contribution in [3.63, 3.8) is 0 Å². The summed E-state index contributed by atoms with van der Waals surface area (Å²) in [5.41, 5.74) is 4.28. The molecule has 30 heavy (non-hydrogen) atoms. The Kier molecular flexibility index (Phi) is 7.22. The Bertz CT molecular complexity index is 985. The van der Waals surface area contributed by atoms with Crippen molar-refractivity contribution in [2.24, 2.45) is 0 Å². The van der Waals surface area contributed by atoms with Gasteiger partial charge in [0.05, 0.1) is 6.61 Å². The third-order valence-corrected chi connectivity index (χ3v) is 4.84. The van der Waals surface area contributed by atoms with E-state index in [9.17, 15) is 9.59 Å². The summed E-state index contributed by atoms with van der Waals surface area (Å²) in [6.45, 7) is 2.09. The van der Waals surface area contributed by atoms with Gasteiger partial charge in [0.2, 0.25) is 0 Å². The van der Waals surface area contributed by atoms with E-state index in [0.29, 0.717) is 23.5 Å². The van der Waals surface area contributed by atoms with Crippen LogP contribution in [0.3, 0.4) is 0 Å². The zero-order chi connectivity index (χ0) is 21.3. The van der Waals surface area contributed by atoms with Gasteiger partial charge < -0.3 is 10.1 Å². The van der Waals surface area contributed by atoms with E-state index in [2.05, 4.69) is 17.4 Å². The Morgan fingerprint density at radius 3 is 2.23 bits per heavy atom. The van der Waals surface area contributed by atoms with Crippen molar-refractivity contribution < 1.29 is 14.3 Å². The third kappa shape index (κ3) is 5.47. The SMILES string of the molecule is CCOC(=O)N(C)c1ccc(NC(=O)c2ccccc2CCc2ccccc2)cc1.